The number of aromatic nitrogens is 2. The Kier molecular flexibility index (Phi) is 6.40. The van der Waals surface area contributed by atoms with Crippen LogP contribution in [0.4, 0.5) is 27.4 Å². The maximum Gasteiger partial charge on any atom is 0.355 e. The highest BCUT2D eigenvalue weighted by Crippen LogP contribution is 2.35. The van der Waals surface area contributed by atoms with Crippen LogP contribution in [0.5, 0.6) is 11.5 Å². The molecule has 0 aliphatic rings. The standard InChI is InChI=1S/C19H17FN6O5/c1-30-13-7-8-15(31-2)14(9-13)23-17-16(26(28)29)18(22-10-21-17)24-25-19(27)11-3-5-12(20)6-4-11/h3-10H,1-2H3,(H,25,27)(H2,21,22,23,24). The molecule has 3 N–H and O–H groups in total. The average molecular weight is 428 g/mol. The van der Waals surface area contributed by atoms with E-state index >= 15 is 0 Å². The van der Waals surface area contributed by atoms with Crippen molar-refractivity contribution < 1.29 is 23.6 Å². The van der Waals surface area contributed by atoms with E-state index in [9.17, 15) is 19.3 Å². The zero-order valence-electron chi connectivity index (χ0n) is 16.4. The van der Waals surface area contributed by atoms with Crippen LogP contribution in [0.3, 0.4) is 0 Å². The van der Waals surface area contributed by atoms with Crippen molar-refractivity contribution in [1.29, 1.82) is 0 Å². The number of anilines is 3. The lowest BCUT2D eigenvalue weighted by Crippen LogP contribution is -2.30. The first kappa shape index (κ1) is 21.2. The van der Waals surface area contributed by atoms with Crippen molar-refractivity contribution in [1.82, 2.24) is 15.4 Å². The normalized spacial score (nSPS) is 10.2. The molecule has 0 saturated heterocycles. The number of amides is 1. The molecule has 0 atom stereocenters. The predicted molar refractivity (Wildman–Crippen MR) is 109 cm³/mol. The van der Waals surface area contributed by atoms with E-state index in [0.717, 1.165) is 18.5 Å². The van der Waals surface area contributed by atoms with E-state index < -0.39 is 22.3 Å². The van der Waals surface area contributed by atoms with Gasteiger partial charge in [0.25, 0.3) is 5.91 Å². The zero-order chi connectivity index (χ0) is 22.4. The summed E-state index contributed by atoms with van der Waals surface area (Å²) < 4.78 is 23.4. The summed E-state index contributed by atoms with van der Waals surface area (Å²) in [5.41, 5.74) is 4.67. The molecule has 0 bridgehead atoms. The molecule has 2 aromatic carbocycles. The van der Waals surface area contributed by atoms with Crippen molar-refractivity contribution >= 4 is 28.9 Å². The van der Waals surface area contributed by atoms with Gasteiger partial charge in [-0.1, -0.05) is 0 Å². The SMILES string of the molecule is COc1ccc(OC)c(Nc2ncnc(NNC(=O)c3ccc(F)cc3)c2[N+](=O)[O-])c1. The number of benzene rings is 2. The Hall–Kier alpha value is -4.48. The highest BCUT2D eigenvalue weighted by molar-refractivity contribution is 5.95. The molecule has 0 saturated carbocycles. The van der Waals surface area contributed by atoms with Gasteiger partial charge in [-0.25, -0.2) is 14.4 Å². The lowest BCUT2D eigenvalue weighted by molar-refractivity contribution is -0.383. The number of hydrogen-bond acceptors (Lipinski definition) is 9. The Morgan fingerprint density at radius 3 is 2.42 bits per heavy atom. The van der Waals surface area contributed by atoms with Gasteiger partial charge in [-0.3, -0.25) is 25.8 Å². The van der Waals surface area contributed by atoms with Crippen LogP contribution in [-0.2, 0) is 0 Å². The molecule has 0 aliphatic carbocycles. The first-order valence-electron chi connectivity index (χ1n) is 8.73. The van der Waals surface area contributed by atoms with Gasteiger partial charge in [0.2, 0.25) is 11.6 Å². The number of nitro groups is 1. The first-order chi connectivity index (χ1) is 14.9. The third-order valence-electron chi connectivity index (χ3n) is 4.07. The van der Waals surface area contributed by atoms with Crippen LogP contribution in [0.1, 0.15) is 10.4 Å². The minimum Gasteiger partial charge on any atom is -0.497 e. The molecule has 0 fully saturated rings. The smallest absolute Gasteiger partial charge is 0.355 e. The number of ether oxygens (including phenoxy) is 2. The van der Waals surface area contributed by atoms with Gasteiger partial charge >= 0.3 is 5.69 Å². The third-order valence-corrected chi connectivity index (χ3v) is 4.07. The number of nitrogens with zero attached hydrogens (tertiary/aromatic N) is 3. The zero-order valence-corrected chi connectivity index (χ0v) is 16.4. The lowest BCUT2D eigenvalue weighted by atomic mass is 10.2. The van der Waals surface area contributed by atoms with Gasteiger partial charge in [0.05, 0.1) is 24.8 Å². The van der Waals surface area contributed by atoms with Gasteiger partial charge in [0.1, 0.15) is 23.6 Å². The highest BCUT2D eigenvalue weighted by Gasteiger charge is 2.24. The van der Waals surface area contributed by atoms with Gasteiger partial charge < -0.3 is 14.8 Å². The summed E-state index contributed by atoms with van der Waals surface area (Å²) in [7, 11) is 2.92. The van der Waals surface area contributed by atoms with Gasteiger partial charge in [-0.2, -0.15) is 0 Å². The van der Waals surface area contributed by atoms with Crippen LogP contribution in [0.2, 0.25) is 0 Å². The number of carbonyl (C=O) groups is 1. The number of halogens is 1. The van der Waals surface area contributed by atoms with E-state index in [1.807, 2.05) is 0 Å². The molecule has 0 unspecified atom stereocenters. The van der Waals surface area contributed by atoms with Crippen molar-refractivity contribution in [3.05, 3.63) is 70.3 Å². The van der Waals surface area contributed by atoms with Crippen molar-refractivity contribution in [2.24, 2.45) is 0 Å². The van der Waals surface area contributed by atoms with Crippen LogP contribution in [0.25, 0.3) is 0 Å². The molecular weight excluding hydrogens is 411 g/mol. The second-order valence-electron chi connectivity index (χ2n) is 5.95. The molecule has 1 amide bonds. The summed E-state index contributed by atoms with van der Waals surface area (Å²) in [6.45, 7) is 0. The molecule has 1 heterocycles. The molecule has 0 aliphatic heterocycles. The summed E-state index contributed by atoms with van der Waals surface area (Å²) >= 11 is 0. The van der Waals surface area contributed by atoms with Gasteiger partial charge in [0, 0.05) is 11.6 Å². The molecule has 3 aromatic rings. The number of carbonyl (C=O) groups excluding carboxylic acids is 1. The number of methoxy groups -OCH3 is 2. The second-order valence-corrected chi connectivity index (χ2v) is 5.95. The molecule has 0 radical (unpaired) electrons. The highest BCUT2D eigenvalue weighted by atomic mass is 19.1. The Labute approximate surface area is 175 Å². The van der Waals surface area contributed by atoms with Crippen molar-refractivity contribution in [2.45, 2.75) is 0 Å². The monoisotopic (exact) mass is 428 g/mol. The van der Waals surface area contributed by atoms with Gasteiger partial charge in [-0.15, -0.1) is 0 Å². The fourth-order valence-electron chi connectivity index (χ4n) is 2.56. The number of rotatable bonds is 8. The average Bonchev–Trinajstić information content (AvgIpc) is 2.77. The van der Waals surface area contributed by atoms with Crippen LogP contribution >= 0.6 is 0 Å². The Morgan fingerprint density at radius 1 is 1.06 bits per heavy atom. The predicted octanol–water partition coefficient (Wildman–Crippen LogP) is 3.04. The summed E-state index contributed by atoms with van der Waals surface area (Å²) in [6, 6.07) is 9.63. The van der Waals surface area contributed by atoms with Crippen molar-refractivity contribution in [3.63, 3.8) is 0 Å². The third kappa shape index (κ3) is 4.93. The van der Waals surface area contributed by atoms with E-state index in [-0.39, 0.29) is 17.2 Å². The Morgan fingerprint density at radius 2 is 1.77 bits per heavy atom. The van der Waals surface area contributed by atoms with E-state index in [1.54, 1.807) is 18.2 Å². The van der Waals surface area contributed by atoms with Crippen molar-refractivity contribution in [3.8, 4) is 11.5 Å². The minimum absolute atomic E-state index is 0.144. The topological polar surface area (TPSA) is 141 Å². The Bertz CT molecular complexity index is 1110. The van der Waals surface area contributed by atoms with E-state index in [2.05, 4.69) is 26.1 Å². The van der Waals surface area contributed by atoms with E-state index in [4.69, 9.17) is 9.47 Å². The molecule has 3 rings (SSSR count). The molecular formula is C19H17FN6O5. The van der Waals surface area contributed by atoms with Crippen molar-refractivity contribution in [2.75, 3.05) is 25.0 Å². The number of nitrogens with one attached hydrogen (secondary N) is 3. The quantitative estimate of drug-likeness (QED) is 0.365. The van der Waals surface area contributed by atoms with Crippen LogP contribution in [0, 0.1) is 15.9 Å². The minimum atomic E-state index is -0.707. The summed E-state index contributed by atoms with van der Waals surface area (Å²) in [6.07, 6.45) is 1.08. The fourth-order valence-corrected chi connectivity index (χ4v) is 2.56. The maximum atomic E-state index is 13.0. The molecule has 160 valence electrons. The first-order valence-corrected chi connectivity index (χ1v) is 8.73. The van der Waals surface area contributed by atoms with Gasteiger partial charge in [0.15, 0.2) is 0 Å². The van der Waals surface area contributed by atoms with Gasteiger partial charge in [-0.05, 0) is 36.4 Å². The van der Waals surface area contributed by atoms with Crippen LogP contribution in [0.15, 0.2) is 48.8 Å². The number of hydrogen-bond donors (Lipinski definition) is 3. The Balaban J connectivity index is 1.87. The summed E-state index contributed by atoms with van der Waals surface area (Å²) in [4.78, 5) is 30.9. The molecule has 31 heavy (non-hydrogen) atoms. The summed E-state index contributed by atoms with van der Waals surface area (Å²) in [5, 5.41) is 14.5. The fraction of sp³-hybridized carbons (Fsp3) is 0.105. The van der Waals surface area contributed by atoms with Crippen LogP contribution < -0.4 is 25.6 Å². The second kappa shape index (κ2) is 9.35. The van der Waals surface area contributed by atoms with E-state index in [0.29, 0.717) is 17.2 Å². The molecule has 0 spiro atoms. The number of hydrazine groups is 1. The molecule has 11 nitrogen and oxygen atoms in total. The largest absolute Gasteiger partial charge is 0.497 e. The summed E-state index contributed by atoms with van der Waals surface area (Å²) in [5.74, 6) is -0.667. The molecule has 1 aromatic heterocycles. The molecule has 12 heteroatoms. The van der Waals surface area contributed by atoms with Crippen LogP contribution in [-0.4, -0.2) is 35.0 Å². The van der Waals surface area contributed by atoms with E-state index in [1.165, 1.54) is 26.4 Å². The maximum absolute atomic E-state index is 13.0. The lowest BCUT2D eigenvalue weighted by Gasteiger charge is -2.13.